The van der Waals surface area contributed by atoms with Crippen LogP contribution in [0.5, 0.6) is 11.5 Å². The first-order valence-corrected chi connectivity index (χ1v) is 13.4. The summed E-state index contributed by atoms with van der Waals surface area (Å²) in [7, 11) is 0. The zero-order chi connectivity index (χ0) is 25.9. The van der Waals surface area contributed by atoms with Crippen LogP contribution in [0, 0.1) is 12.8 Å². The van der Waals surface area contributed by atoms with Gasteiger partial charge in [0.15, 0.2) is 5.60 Å². The average molecular weight is 503 g/mol. The fraction of sp³-hybridized carbons (Fsp3) is 0.242. The normalized spacial score (nSPS) is 18.7. The maximum Gasteiger partial charge on any atom is 0.342 e. The Morgan fingerprint density at radius 3 is 2.26 bits per heavy atom. The average Bonchev–Trinajstić information content (AvgIpc) is 3.24. The summed E-state index contributed by atoms with van der Waals surface area (Å²) in [5.41, 5.74) is 5.95. The molecule has 4 aromatic carbocycles. The van der Waals surface area contributed by atoms with E-state index in [0.29, 0.717) is 23.0 Å². The van der Waals surface area contributed by atoms with E-state index in [0.717, 1.165) is 58.8 Å². The largest absolute Gasteiger partial charge is 0.456 e. The van der Waals surface area contributed by atoms with E-state index in [1.807, 2.05) is 78.9 Å². The summed E-state index contributed by atoms with van der Waals surface area (Å²) < 4.78 is 13.0. The van der Waals surface area contributed by atoms with Gasteiger partial charge < -0.3 is 19.7 Å². The topological polar surface area (TPSA) is 50.8 Å². The smallest absolute Gasteiger partial charge is 0.342 e. The number of hydrogen-bond acceptors (Lipinski definition) is 5. The van der Waals surface area contributed by atoms with Crippen LogP contribution in [0.1, 0.15) is 52.4 Å². The first kappa shape index (κ1) is 22.9. The minimum absolute atomic E-state index is 0.296. The van der Waals surface area contributed by atoms with Gasteiger partial charge in [0.1, 0.15) is 11.5 Å². The van der Waals surface area contributed by atoms with Gasteiger partial charge >= 0.3 is 5.97 Å². The number of para-hydroxylation sites is 3. The highest BCUT2D eigenvalue weighted by atomic mass is 16.6. The highest BCUT2D eigenvalue weighted by Crippen LogP contribution is 2.59. The zero-order valence-electron chi connectivity index (χ0n) is 21.7. The fourth-order valence-corrected chi connectivity index (χ4v) is 6.42. The van der Waals surface area contributed by atoms with E-state index in [4.69, 9.17) is 9.47 Å². The van der Waals surface area contributed by atoms with Crippen molar-refractivity contribution >= 4 is 23.0 Å². The molecule has 0 bridgehead atoms. The number of hydrogen-bond donors (Lipinski definition) is 1. The number of nitrogens with zero attached hydrogens (tertiary/aromatic N) is 1. The molecule has 5 nitrogen and oxygen atoms in total. The van der Waals surface area contributed by atoms with Crippen molar-refractivity contribution in [2.45, 2.75) is 32.3 Å². The summed E-state index contributed by atoms with van der Waals surface area (Å²) >= 11 is 0. The summed E-state index contributed by atoms with van der Waals surface area (Å²) in [5, 5.41) is 3.67. The molecule has 1 N–H and O–H groups in total. The number of anilines is 3. The second-order valence-electron chi connectivity index (χ2n) is 10.7. The first-order chi connectivity index (χ1) is 18.6. The third-order valence-corrected chi connectivity index (χ3v) is 8.10. The van der Waals surface area contributed by atoms with Gasteiger partial charge in [0.05, 0.1) is 16.9 Å². The second kappa shape index (κ2) is 8.66. The lowest BCUT2D eigenvalue weighted by molar-refractivity contribution is 0.0226. The first-order valence-electron chi connectivity index (χ1n) is 13.4. The number of ether oxygens (including phenoxy) is 2. The standard InChI is InChI=1S/C33H30N2O3/c1-21-11-10-18-35(20-21)26-19-22(2)31(34-23-12-4-3-5-13-23)30-29(26)32(36)38-33(30)24-14-6-8-16-27(24)37-28-17-9-7-15-25(28)33/h3-9,12-17,19,21,34H,10-11,18,20H2,1-2H3. The Morgan fingerprint density at radius 1 is 0.921 bits per heavy atom. The van der Waals surface area contributed by atoms with Crippen LogP contribution in [-0.4, -0.2) is 19.1 Å². The molecule has 7 rings (SSSR count). The Labute approximate surface area is 223 Å². The van der Waals surface area contributed by atoms with Crippen molar-refractivity contribution in [1.82, 2.24) is 0 Å². The van der Waals surface area contributed by atoms with Crippen LogP contribution in [0.25, 0.3) is 0 Å². The van der Waals surface area contributed by atoms with Crippen molar-refractivity contribution in [2.24, 2.45) is 5.92 Å². The Kier molecular flexibility index (Phi) is 5.22. The van der Waals surface area contributed by atoms with Crippen molar-refractivity contribution in [2.75, 3.05) is 23.3 Å². The highest BCUT2D eigenvalue weighted by molar-refractivity contribution is 6.05. The van der Waals surface area contributed by atoms with Crippen LogP contribution >= 0.6 is 0 Å². The lowest BCUT2D eigenvalue weighted by Crippen LogP contribution is -2.35. The molecule has 1 spiro atoms. The Hall–Kier alpha value is -4.25. The van der Waals surface area contributed by atoms with Crippen molar-refractivity contribution in [3.63, 3.8) is 0 Å². The molecule has 1 unspecified atom stereocenters. The van der Waals surface area contributed by atoms with Crippen molar-refractivity contribution < 1.29 is 14.3 Å². The molecule has 190 valence electrons. The highest BCUT2D eigenvalue weighted by Gasteiger charge is 2.56. The Balaban J connectivity index is 1.56. The van der Waals surface area contributed by atoms with E-state index in [9.17, 15) is 4.79 Å². The number of carbonyl (C=O) groups excluding carboxylic acids is 1. The molecule has 0 aliphatic carbocycles. The number of piperidine rings is 1. The monoisotopic (exact) mass is 502 g/mol. The molecule has 0 saturated carbocycles. The van der Waals surface area contributed by atoms with Crippen molar-refractivity contribution in [3.8, 4) is 11.5 Å². The molecule has 1 atom stereocenters. The lowest BCUT2D eigenvalue weighted by Gasteiger charge is -2.38. The van der Waals surface area contributed by atoms with E-state index >= 15 is 0 Å². The maximum absolute atomic E-state index is 14.1. The number of benzene rings is 4. The number of nitrogens with one attached hydrogen (secondary N) is 1. The minimum atomic E-state index is -1.13. The van der Waals surface area contributed by atoms with Gasteiger partial charge in [-0.3, -0.25) is 0 Å². The van der Waals surface area contributed by atoms with Gasteiger partial charge in [0, 0.05) is 35.5 Å². The third-order valence-electron chi connectivity index (χ3n) is 8.10. The van der Waals surface area contributed by atoms with Gasteiger partial charge in [-0.2, -0.15) is 0 Å². The predicted octanol–water partition coefficient (Wildman–Crippen LogP) is 7.54. The molecule has 38 heavy (non-hydrogen) atoms. The summed E-state index contributed by atoms with van der Waals surface area (Å²) in [4.78, 5) is 16.5. The molecule has 1 fully saturated rings. The second-order valence-corrected chi connectivity index (χ2v) is 10.7. The summed E-state index contributed by atoms with van der Waals surface area (Å²) in [5.74, 6) is 1.67. The molecular weight excluding hydrogens is 472 g/mol. The van der Waals surface area contributed by atoms with Gasteiger partial charge in [-0.15, -0.1) is 0 Å². The molecule has 3 aliphatic heterocycles. The van der Waals surface area contributed by atoms with E-state index in [1.165, 1.54) is 6.42 Å². The van der Waals surface area contributed by atoms with E-state index in [1.54, 1.807) is 0 Å². The quantitative estimate of drug-likeness (QED) is 0.293. The maximum atomic E-state index is 14.1. The molecule has 5 heteroatoms. The van der Waals surface area contributed by atoms with Gasteiger partial charge in [-0.1, -0.05) is 61.5 Å². The number of aryl methyl sites for hydroxylation is 1. The van der Waals surface area contributed by atoms with Crippen molar-refractivity contribution in [3.05, 3.63) is 113 Å². The third kappa shape index (κ3) is 3.34. The molecule has 1 saturated heterocycles. The molecule has 0 aromatic heterocycles. The number of carbonyl (C=O) groups is 1. The van der Waals surface area contributed by atoms with Crippen LogP contribution in [0.15, 0.2) is 84.9 Å². The zero-order valence-corrected chi connectivity index (χ0v) is 21.7. The molecule has 3 aliphatic rings. The number of fused-ring (bicyclic) bond motifs is 6. The molecular formula is C33H30N2O3. The predicted molar refractivity (Wildman–Crippen MR) is 150 cm³/mol. The van der Waals surface area contributed by atoms with Crippen LogP contribution in [-0.2, 0) is 10.3 Å². The Bertz CT molecular complexity index is 1520. The summed E-state index contributed by atoms with van der Waals surface area (Å²) in [6, 6.07) is 28.1. The fourth-order valence-electron chi connectivity index (χ4n) is 6.42. The van der Waals surface area contributed by atoms with Gasteiger partial charge in [0.2, 0.25) is 0 Å². The minimum Gasteiger partial charge on any atom is -0.456 e. The van der Waals surface area contributed by atoms with Gasteiger partial charge in [0.25, 0.3) is 0 Å². The molecule has 0 amide bonds. The van der Waals surface area contributed by atoms with E-state index < -0.39 is 5.60 Å². The van der Waals surface area contributed by atoms with Crippen LogP contribution in [0.4, 0.5) is 17.1 Å². The number of esters is 1. The van der Waals surface area contributed by atoms with E-state index in [2.05, 4.69) is 30.1 Å². The molecule has 3 heterocycles. The van der Waals surface area contributed by atoms with Crippen molar-refractivity contribution in [1.29, 1.82) is 0 Å². The van der Waals surface area contributed by atoms with Gasteiger partial charge in [-0.05, 0) is 61.6 Å². The van der Waals surface area contributed by atoms with Crippen LogP contribution < -0.4 is 15.0 Å². The SMILES string of the molecule is Cc1cc(N2CCCC(C)C2)c2c(c1Nc1ccccc1)C1(OC2=O)c2ccccc2Oc2ccccc21. The summed E-state index contributed by atoms with van der Waals surface area (Å²) in [6.45, 7) is 6.26. The van der Waals surface area contributed by atoms with Gasteiger partial charge in [-0.25, -0.2) is 4.79 Å². The molecule has 4 aromatic rings. The molecule has 0 radical (unpaired) electrons. The van der Waals surface area contributed by atoms with Crippen LogP contribution in [0.3, 0.4) is 0 Å². The summed E-state index contributed by atoms with van der Waals surface area (Å²) in [6.07, 6.45) is 2.32. The Morgan fingerprint density at radius 2 is 1.58 bits per heavy atom. The number of rotatable bonds is 3. The lowest BCUT2D eigenvalue weighted by atomic mass is 9.76. The van der Waals surface area contributed by atoms with Crippen LogP contribution in [0.2, 0.25) is 0 Å². The van der Waals surface area contributed by atoms with E-state index in [-0.39, 0.29) is 5.97 Å².